The van der Waals surface area contributed by atoms with Crippen LogP contribution in [0.3, 0.4) is 0 Å². The summed E-state index contributed by atoms with van der Waals surface area (Å²) in [5, 5.41) is 6.62. The van der Waals surface area contributed by atoms with Gasteiger partial charge in [-0.15, -0.1) is 11.8 Å². The van der Waals surface area contributed by atoms with E-state index in [1.54, 1.807) is 4.57 Å². The van der Waals surface area contributed by atoms with E-state index in [2.05, 4.69) is 41.7 Å². The molecule has 1 amide bonds. The Morgan fingerprint density at radius 3 is 2.51 bits per heavy atom. The van der Waals surface area contributed by atoms with E-state index in [-0.39, 0.29) is 23.2 Å². The van der Waals surface area contributed by atoms with Crippen LogP contribution in [-0.2, 0) is 17.9 Å². The molecular weight excluding hydrogens is 573 g/mol. The van der Waals surface area contributed by atoms with Gasteiger partial charge in [-0.1, -0.05) is 90.2 Å². The van der Waals surface area contributed by atoms with Crippen molar-refractivity contribution in [3.8, 4) is 5.75 Å². The molecule has 43 heavy (non-hydrogen) atoms. The number of benzene rings is 4. The van der Waals surface area contributed by atoms with Crippen LogP contribution in [0.1, 0.15) is 41.2 Å². The van der Waals surface area contributed by atoms with E-state index in [0.717, 1.165) is 37.7 Å². The second-order valence-corrected chi connectivity index (χ2v) is 14.2. The van der Waals surface area contributed by atoms with Crippen molar-refractivity contribution in [3.05, 3.63) is 123 Å². The Bertz CT molecular complexity index is 1860. The van der Waals surface area contributed by atoms with Crippen LogP contribution in [-0.4, -0.2) is 15.7 Å². The van der Waals surface area contributed by atoms with Crippen molar-refractivity contribution in [1.82, 2.24) is 4.57 Å². The number of carbonyl (C=O) groups excluding carboxylic acids is 1. The van der Waals surface area contributed by atoms with Crippen LogP contribution in [0.2, 0.25) is 0 Å². The van der Waals surface area contributed by atoms with Gasteiger partial charge in [0.2, 0.25) is 5.91 Å². The normalized spacial score (nSPS) is 23.6. The molecule has 5 aromatic rings. The Morgan fingerprint density at radius 1 is 0.884 bits per heavy atom. The first-order chi connectivity index (χ1) is 21.1. The van der Waals surface area contributed by atoms with Crippen LogP contribution < -0.4 is 14.9 Å². The number of anilines is 1. The maximum absolute atomic E-state index is 13.5. The SMILES string of the molecule is O=C(Cn1c2c(sc1=O)C(c1ccc(OCc3ccccc3)cc1)C1C3CCC(C3)C1S2)Nc1cccc2ccccc12. The molecular formula is C36H32N2O3S2. The number of hydrogen-bond donors (Lipinski definition) is 1. The van der Waals surface area contributed by atoms with Crippen LogP contribution in [0, 0.1) is 17.8 Å². The molecule has 2 fully saturated rings. The quantitative estimate of drug-likeness (QED) is 0.205. The van der Waals surface area contributed by atoms with E-state index in [1.807, 2.05) is 72.4 Å². The molecule has 0 spiro atoms. The Kier molecular flexibility index (Phi) is 6.87. The minimum atomic E-state index is -0.175. The lowest BCUT2D eigenvalue weighted by atomic mass is 9.75. The van der Waals surface area contributed by atoms with Gasteiger partial charge in [-0.05, 0) is 71.7 Å². The van der Waals surface area contributed by atoms with Crippen molar-refractivity contribution < 1.29 is 9.53 Å². The summed E-state index contributed by atoms with van der Waals surface area (Å²) in [6, 6.07) is 32.6. The Morgan fingerprint density at radius 2 is 1.65 bits per heavy atom. The van der Waals surface area contributed by atoms with Gasteiger partial charge >= 0.3 is 4.87 Å². The lowest BCUT2D eigenvalue weighted by molar-refractivity contribution is -0.116. The summed E-state index contributed by atoms with van der Waals surface area (Å²) in [4.78, 5) is 28.0. The van der Waals surface area contributed by atoms with Gasteiger partial charge in [-0.2, -0.15) is 0 Å². The third kappa shape index (κ3) is 4.88. The summed E-state index contributed by atoms with van der Waals surface area (Å²) >= 11 is 3.20. The Balaban J connectivity index is 1.09. The molecule has 4 aromatic carbocycles. The molecule has 0 saturated heterocycles. The average Bonchev–Trinajstić information content (AvgIpc) is 3.74. The zero-order chi connectivity index (χ0) is 28.9. The fourth-order valence-corrected chi connectivity index (χ4v) is 10.8. The van der Waals surface area contributed by atoms with E-state index in [4.69, 9.17) is 4.74 Å². The largest absolute Gasteiger partial charge is 0.489 e. The van der Waals surface area contributed by atoms with Crippen molar-refractivity contribution in [2.45, 2.75) is 48.6 Å². The highest BCUT2D eigenvalue weighted by atomic mass is 32.2. The first-order valence-corrected chi connectivity index (χ1v) is 16.8. The predicted octanol–water partition coefficient (Wildman–Crippen LogP) is 7.93. The van der Waals surface area contributed by atoms with Crippen LogP contribution in [0.5, 0.6) is 5.75 Å². The van der Waals surface area contributed by atoms with Gasteiger partial charge < -0.3 is 10.1 Å². The second-order valence-electron chi connectivity index (χ2n) is 12.0. The minimum Gasteiger partial charge on any atom is -0.489 e. The van der Waals surface area contributed by atoms with Crippen molar-refractivity contribution in [1.29, 1.82) is 0 Å². The van der Waals surface area contributed by atoms with Gasteiger partial charge in [0, 0.05) is 27.1 Å². The highest BCUT2D eigenvalue weighted by Crippen LogP contribution is 2.64. The molecule has 7 heteroatoms. The summed E-state index contributed by atoms with van der Waals surface area (Å²) in [6.45, 7) is 0.551. The van der Waals surface area contributed by atoms with Gasteiger partial charge in [0.15, 0.2) is 0 Å². The maximum Gasteiger partial charge on any atom is 0.308 e. The molecule has 2 heterocycles. The summed E-state index contributed by atoms with van der Waals surface area (Å²) in [5.41, 5.74) is 3.15. The number of fused-ring (bicyclic) bond motifs is 7. The lowest BCUT2D eigenvalue weighted by Gasteiger charge is -2.40. The number of nitrogens with zero attached hydrogens (tertiary/aromatic N) is 1. The molecule has 1 aromatic heterocycles. The fraction of sp³-hybridized carbons (Fsp3) is 0.278. The molecule has 1 aliphatic heterocycles. The third-order valence-corrected chi connectivity index (χ3v) is 12.4. The van der Waals surface area contributed by atoms with Gasteiger partial charge in [-0.3, -0.25) is 14.2 Å². The third-order valence-electron chi connectivity index (χ3n) is 9.54. The fourth-order valence-electron chi connectivity index (χ4n) is 7.64. The molecule has 5 nitrogen and oxygen atoms in total. The average molecular weight is 605 g/mol. The minimum absolute atomic E-state index is 0.0192. The number of thiazole rings is 1. The number of amides is 1. The predicted molar refractivity (Wildman–Crippen MR) is 174 cm³/mol. The monoisotopic (exact) mass is 604 g/mol. The highest BCUT2D eigenvalue weighted by Gasteiger charge is 2.55. The maximum atomic E-state index is 13.5. The van der Waals surface area contributed by atoms with E-state index in [0.29, 0.717) is 29.6 Å². The molecule has 1 N–H and O–H groups in total. The van der Waals surface area contributed by atoms with E-state index in [9.17, 15) is 9.59 Å². The number of aromatic nitrogens is 1. The summed E-state index contributed by atoms with van der Waals surface area (Å²) in [5.74, 6) is 2.72. The van der Waals surface area contributed by atoms with Crippen molar-refractivity contribution in [2.24, 2.45) is 17.8 Å². The van der Waals surface area contributed by atoms with Crippen molar-refractivity contribution in [3.63, 3.8) is 0 Å². The second kappa shape index (κ2) is 11.0. The number of hydrogen-bond acceptors (Lipinski definition) is 5. The lowest BCUT2D eigenvalue weighted by Crippen LogP contribution is -2.34. The van der Waals surface area contributed by atoms with Crippen molar-refractivity contribution in [2.75, 3.05) is 5.32 Å². The van der Waals surface area contributed by atoms with Gasteiger partial charge in [0.1, 0.15) is 18.9 Å². The standard InChI is InChI=1S/C36H32N2O3S2/c39-30(37-29-12-6-10-23-9-4-5-11-28(23)29)20-38-35-34(43-36(38)40)31(32-25-13-14-26(19-25)33(32)42-35)24-15-17-27(18-16-24)41-21-22-7-2-1-3-8-22/h1-12,15-18,25-26,31-33H,13-14,19-21H2,(H,37,39). The van der Waals surface area contributed by atoms with Gasteiger partial charge in [0.25, 0.3) is 0 Å². The van der Waals surface area contributed by atoms with E-state index in [1.165, 1.54) is 36.2 Å². The molecule has 2 bridgehead atoms. The van der Waals surface area contributed by atoms with Crippen LogP contribution in [0.25, 0.3) is 10.8 Å². The van der Waals surface area contributed by atoms with E-state index >= 15 is 0 Å². The van der Waals surface area contributed by atoms with E-state index < -0.39 is 0 Å². The summed E-state index contributed by atoms with van der Waals surface area (Å²) in [7, 11) is 0. The van der Waals surface area contributed by atoms with Crippen molar-refractivity contribution >= 4 is 45.5 Å². The number of nitrogens with one attached hydrogen (secondary N) is 1. The molecule has 2 aliphatic carbocycles. The Hall–Kier alpha value is -3.81. The van der Waals surface area contributed by atoms with Crippen LogP contribution in [0.4, 0.5) is 5.69 Å². The first kappa shape index (κ1) is 26.8. The summed E-state index contributed by atoms with van der Waals surface area (Å²) in [6.07, 6.45) is 3.82. The topological polar surface area (TPSA) is 60.3 Å². The van der Waals surface area contributed by atoms with Crippen LogP contribution >= 0.6 is 23.1 Å². The number of thioether (sulfide) groups is 1. The Labute approximate surface area is 258 Å². The highest BCUT2D eigenvalue weighted by molar-refractivity contribution is 8.00. The zero-order valence-corrected chi connectivity index (χ0v) is 25.3. The molecule has 3 aliphatic rings. The number of ether oxygens (including phenoxy) is 1. The molecule has 8 rings (SSSR count). The molecule has 0 radical (unpaired) electrons. The van der Waals surface area contributed by atoms with Crippen LogP contribution in [0.15, 0.2) is 107 Å². The van der Waals surface area contributed by atoms with Gasteiger partial charge in [0.05, 0.1) is 5.03 Å². The van der Waals surface area contributed by atoms with Gasteiger partial charge in [-0.25, -0.2) is 0 Å². The summed E-state index contributed by atoms with van der Waals surface area (Å²) < 4.78 is 7.82. The zero-order valence-electron chi connectivity index (χ0n) is 23.6. The molecule has 5 unspecified atom stereocenters. The number of carbonyl (C=O) groups is 1. The molecule has 216 valence electrons. The number of rotatable bonds is 7. The smallest absolute Gasteiger partial charge is 0.308 e. The molecule has 5 atom stereocenters. The molecule has 2 saturated carbocycles. The first-order valence-electron chi connectivity index (χ1n) is 15.1.